The second-order valence-electron chi connectivity index (χ2n) is 15.2. The molecular weight excluding hydrogens is 725 g/mol. The molecule has 0 nitrogen and oxygen atoms in total. The number of hydrogen-bond acceptors (Lipinski definition) is 0. The van der Waals surface area contributed by atoms with Gasteiger partial charge in [-0.1, -0.05) is 249 Å². The molecule has 0 unspecified atom stereocenters. The summed E-state index contributed by atoms with van der Waals surface area (Å²) in [5.74, 6) is 0. The lowest BCUT2D eigenvalue weighted by molar-refractivity contribution is 1.55. The van der Waals surface area contributed by atoms with Crippen molar-refractivity contribution in [2.75, 3.05) is 0 Å². The summed E-state index contributed by atoms with van der Waals surface area (Å²) in [5, 5.41) is 10.5. The summed E-state index contributed by atoms with van der Waals surface area (Å²) in [5.41, 5.74) is 9.76. The summed E-state index contributed by atoms with van der Waals surface area (Å²) in [4.78, 5) is 0. The molecule has 0 radical (unpaired) electrons. The van der Waals surface area contributed by atoms with Crippen LogP contribution in [-0.2, 0) is 0 Å². The van der Waals surface area contributed by atoms with Crippen LogP contribution in [0.4, 0.5) is 0 Å². The quantitative estimate of drug-likeness (QED) is 0.0594. The number of rotatable bonds is 9. The molecule has 0 saturated carbocycles. The zero-order valence-corrected chi connectivity index (χ0v) is 33.7. The van der Waals surface area contributed by atoms with Gasteiger partial charge >= 0.3 is 0 Å². The molecule has 0 heterocycles. The minimum absolute atomic E-state index is 1.17. The van der Waals surface area contributed by atoms with E-state index in [1.54, 1.807) is 0 Å². The predicted molar refractivity (Wildman–Crippen MR) is 256 cm³/mol. The minimum atomic E-state index is -2.64. The SMILES string of the molecule is C(=C(c1ccccc1)c1ccccc1)c1ccc(-c2c3ccccc3c(-c3ccc([Si](c4ccccc4)(c4ccccc4)c4ccccc4)cc3)c3ccccc23)cc1. The highest BCUT2D eigenvalue weighted by atomic mass is 28.3. The Morgan fingerprint density at radius 3 is 0.915 bits per heavy atom. The van der Waals surface area contributed by atoms with Gasteiger partial charge in [0.05, 0.1) is 0 Å². The molecule has 0 aromatic heterocycles. The van der Waals surface area contributed by atoms with Crippen LogP contribution in [0.15, 0.2) is 249 Å². The van der Waals surface area contributed by atoms with Crippen LogP contribution in [0.25, 0.3) is 55.4 Å². The van der Waals surface area contributed by atoms with E-state index in [1.165, 1.54) is 86.8 Å². The zero-order valence-electron chi connectivity index (χ0n) is 32.7. The lowest BCUT2D eigenvalue weighted by Crippen LogP contribution is -2.74. The third-order valence-electron chi connectivity index (χ3n) is 11.8. The first-order valence-corrected chi connectivity index (χ1v) is 22.4. The van der Waals surface area contributed by atoms with Gasteiger partial charge in [0.15, 0.2) is 8.07 Å². The molecule has 10 rings (SSSR count). The van der Waals surface area contributed by atoms with Crippen molar-refractivity contribution in [2.24, 2.45) is 0 Å². The maximum absolute atomic E-state index is 2.64. The van der Waals surface area contributed by atoms with E-state index in [-0.39, 0.29) is 0 Å². The van der Waals surface area contributed by atoms with Gasteiger partial charge in [-0.05, 0) is 92.9 Å². The fourth-order valence-electron chi connectivity index (χ4n) is 9.18. The van der Waals surface area contributed by atoms with Gasteiger partial charge in [-0.15, -0.1) is 0 Å². The first-order valence-electron chi connectivity index (χ1n) is 20.4. The molecular formula is C58H42Si. The van der Waals surface area contributed by atoms with Gasteiger partial charge < -0.3 is 0 Å². The molecule has 0 bridgehead atoms. The Morgan fingerprint density at radius 2 is 0.559 bits per heavy atom. The number of fused-ring (bicyclic) bond motifs is 2. The topological polar surface area (TPSA) is 0 Å². The van der Waals surface area contributed by atoms with E-state index in [0.717, 1.165) is 0 Å². The Balaban J connectivity index is 1.11. The normalized spacial score (nSPS) is 11.4. The van der Waals surface area contributed by atoms with Crippen molar-refractivity contribution in [3.8, 4) is 22.3 Å². The maximum Gasteiger partial charge on any atom is 0.179 e. The van der Waals surface area contributed by atoms with Crippen molar-refractivity contribution in [3.05, 3.63) is 265 Å². The molecule has 0 spiro atoms. The van der Waals surface area contributed by atoms with Crippen LogP contribution in [-0.4, -0.2) is 8.07 Å². The number of benzene rings is 10. The predicted octanol–water partition coefficient (Wildman–Crippen LogP) is 12.3. The van der Waals surface area contributed by atoms with Gasteiger partial charge in [0.25, 0.3) is 0 Å². The standard InChI is InChI=1S/C58H42Si/c1-6-20-44(21-7-1)56(45-22-8-2-9-23-45)42-43-34-36-46(37-35-43)57-52-30-16-18-32-54(52)58(55-33-19-17-31-53(55)57)47-38-40-51(41-39-47)59(48-24-10-3-11-25-48,49-26-12-4-13-27-49)50-28-14-5-15-29-50/h1-42H. The fraction of sp³-hybridized carbons (Fsp3) is 0. The highest BCUT2D eigenvalue weighted by molar-refractivity contribution is 7.19. The van der Waals surface area contributed by atoms with Gasteiger partial charge in [0.1, 0.15) is 0 Å². The molecule has 0 atom stereocenters. The van der Waals surface area contributed by atoms with E-state index in [2.05, 4.69) is 255 Å². The first-order chi connectivity index (χ1) is 29.3. The number of hydrogen-bond donors (Lipinski definition) is 0. The molecule has 0 aliphatic rings. The molecule has 0 fully saturated rings. The molecule has 10 aromatic carbocycles. The monoisotopic (exact) mass is 766 g/mol. The van der Waals surface area contributed by atoms with E-state index in [4.69, 9.17) is 0 Å². The Kier molecular flexibility index (Phi) is 9.72. The Bertz CT molecular complexity index is 2830. The van der Waals surface area contributed by atoms with Crippen LogP contribution in [0.2, 0.25) is 0 Å². The van der Waals surface area contributed by atoms with Gasteiger partial charge in [-0.3, -0.25) is 0 Å². The molecule has 0 amide bonds. The second-order valence-corrected chi connectivity index (χ2v) is 19.0. The van der Waals surface area contributed by atoms with Crippen LogP contribution in [0, 0.1) is 0 Å². The summed E-state index contributed by atoms with van der Waals surface area (Å²) in [6.07, 6.45) is 2.31. The Hall–Kier alpha value is -7.32. The summed E-state index contributed by atoms with van der Waals surface area (Å²) in [6.45, 7) is 0. The van der Waals surface area contributed by atoms with Gasteiger partial charge in [-0.2, -0.15) is 0 Å². The summed E-state index contributed by atoms with van der Waals surface area (Å²) < 4.78 is 0. The second kappa shape index (κ2) is 15.9. The first kappa shape index (κ1) is 36.0. The summed E-state index contributed by atoms with van der Waals surface area (Å²) >= 11 is 0. The van der Waals surface area contributed by atoms with Crippen molar-refractivity contribution < 1.29 is 0 Å². The van der Waals surface area contributed by atoms with E-state index in [0.29, 0.717) is 0 Å². The minimum Gasteiger partial charge on any atom is -0.0623 e. The van der Waals surface area contributed by atoms with Crippen LogP contribution in [0.5, 0.6) is 0 Å². The van der Waals surface area contributed by atoms with E-state index in [9.17, 15) is 0 Å². The van der Waals surface area contributed by atoms with E-state index < -0.39 is 8.07 Å². The molecule has 10 aromatic rings. The molecule has 1 heteroatoms. The average Bonchev–Trinajstić information content (AvgIpc) is 3.32. The highest BCUT2D eigenvalue weighted by Gasteiger charge is 2.41. The van der Waals surface area contributed by atoms with Crippen LogP contribution in [0.1, 0.15) is 16.7 Å². The molecule has 0 aliphatic carbocycles. The van der Waals surface area contributed by atoms with Crippen LogP contribution < -0.4 is 20.7 Å². The summed E-state index contributed by atoms with van der Waals surface area (Å²) in [6, 6.07) is 91.4. The maximum atomic E-state index is 2.41. The Labute approximate surface area is 348 Å². The molecule has 59 heavy (non-hydrogen) atoms. The van der Waals surface area contributed by atoms with Crippen molar-refractivity contribution in [3.63, 3.8) is 0 Å². The molecule has 0 aliphatic heterocycles. The highest BCUT2D eigenvalue weighted by Crippen LogP contribution is 2.43. The third-order valence-corrected chi connectivity index (χ3v) is 16.6. The van der Waals surface area contributed by atoms with Gasteiger partial charge in [0, 0.05) is 0 Å². The van der Waals surface area contributed by atoms with Crippen LogP contribution >= 0.6 is 0 Å². The van der Waals surface area contributed by atoms with Crippen molar-refractivity contribution in [1.29, 1.82) is 0 Å². The zero-order chi connectivity index (χ0) is 39.4. The van der Waals surface area contributed by atoms with E-state index in [1.807, 2.05) is 0 Å². The fourth-order valence-corrected chi connectivity index (χ4v) is 13.9. The molecule has 278 valence electrons. The van der Waals surface area contributed by atoms with Gasteiger partial charge in [0.2, 0.25) is 0 Å². The Morgan fingerprint density at radius 1 is 0.271 bits per heavy atom. The lowest BCUT2D eigenvalue weighted by atomic mass is 9.86. The van der Waals surface area contributed by atoms with E-state index >= 15 is 0 Å². The van der Waals surface area contributed by atoms with Crippen molar-refractivity contribution in [1.82, 2.24) is 0 Å². The largest absolute Gasteiger partial charge is 0.179 e. The molecule has 0 N–H and O–H groups in total. The van der Waals surface area contributed by atoms with Crippen molar-refractivity contribution >= 4 is 62.0 Å². The van der Waals surface area contributed by atoms with Crippen molar-refractivity contribution in [2.45, 2.75) is 0 Å². The third kappa shape index (κ3) is 6.62. The molecule has 0 saturated heterocycles. The van der Waals surface area contributed by atoms with Gasteiger partial charge in [-0.25, -0.2) is 0 Å². The van der Waals surface area contributed by atoms with Crippen LogP contribution in [0.3, 0.4) is 0 Å². The lowest BCUT2D eigenvalue weighted by Gasteiger charge is -2.34. The smallest absolute Gasteiger partial charge is 0.0623 e. The summed E-state index contributed by atoms with van der Waals surface area (Å²) in [7, 11) is -2.64. The average molecular weight is 767 g/mol.